The smallest absolute Gasteiger partial charge is 0.302 e. The molecule has 12 heteroatoms. The molecule has 0 unspecified atom stereocenters. The van der Waals surface area contributed by atoms with E-state index in [1.165, 1.54) is 0 Å². The standard InChI is InChI=1S/C16H19ClN4O3.C7H5ClN2O/c1-3-14(22)18-10-7-12(21(2)8-10)15(23)20-16-19-11-6-9(17)4-5-13(11)24-16;8-4-1-2-6-5(3-4)10-7(9)11-6/h4-6,10,12H,3,7-8H2,1-2H3,(H,18,22)(H,19,20,23);1-3H,(H2,9,10)/t10-,12+;/m1./s1. The molecule has 1 aliphatic rings. The monoisotopic (exact) mass is 518 g/mol. The van der Waals surface area contributed by atoms with E-state index in [0.717, 1.165) is 0 Å². The van der Waals surface area contributed by atoms with Gasteiger partial charge in [0, 0.05) is 29.1 Å². The summed E-state index contributed by atoms with van der Waals surface area (Å²) in [5.41, 5.74) is 7.82. The van der Waals surface area contributed by atoms with Crippen LogP contribution in [0.15, 0.2) is 45.2 Å². The summed E-state index contributed by atoms with van der Waals surface area (Å²) in [5, 5.41) is 6.80. The number of hydrogen-bond donors (Lipinski definition) is 3. The molecule has 1 saturated heterocycles. The molecular weight excluding hydrogens is 495 g/mol. The zero-order chi connectivity index (χ0) is 25.1. The van der Waals surface area contributed by atoms with Crippen molar-refractivity contribution >= 4 is 69.2 Å². The van der Waals surface area contributed by atoms with Crippen LogP contribution in [0.4, 0.5) is 12.0 Å². The number of rotatable bonds is 4. The highest BCUT2D eigenvalue weighted by Gasteiger charge is 2.35. The lowest BCUT2D eigenvalue weighted by molar-refractivity contribution is -0.122. The molecule has 4 aromatic rings. The topological polar surface area (TPSA) is 140 Å². The molecule has 1 fully saturated rings. The van der Waals surface area contributed by atoms with Crippen LogP contribution >= 0.6 is 23.2 Å². The van der Waals surface area contributed by atoms with E-state index in [4.69, 9.17) is 37.8 Å². The summed E-state index contributed by atoms with van der Waals surface area (Å²) < 4.78 is 10.5. The second kappa shape index (κ2) is 10.5. The number of amides is 2. The summed E-state index contributed by atoms with van der Waals surface area (Å²) in [6.07, 6.45) is 0.989. The van der Waals surface area contributed by atoms with E-state index in [2.05, 4.69) is 20.6 Å². The molecule has 184 valence electrons. The predicted molar refractivity (Wildman–Crippen MR) is 134 cm³/mol. The number of halogens is 2. The minimum atomic E-state index is -0.342. The van der Waals surface area contributed by atoms with Gasteiger partial charge in [-0.05, 0) is 49.9 Å². The van der Waals surface area contributed by atoms with Gasteiger partial charge in [-0.1, -0.05) is 30.1 Å². The summed E-state index contributed by atoms with van der Waals surface area (Å²) in [6, 6.07) is 10.2. The van der Waals surface area contributed by atoms with E-state index < -0.39 is 0 Å². The number of nitrogens with two attached hydrogens (primary N) is 1. The minimum absolute atomic E-state index is 0.00899. The number of nitrogen functional groups attached to an aromatic ring is 1. The third kappa shape index (κ3) is 6.02. The number of aromatic nitrogens is 2. The van der Waals surface area contributed by atoms with Crippen molar-refractivity contribution in [2.75, 3.05) is 24.6 Å². The maximum absolute atomic E-state index is 12.5. The third-order valence-electron chi connectivity index (χ3n) is 5.48. The largest absolute Gasteiger partial charge is 0.424 e. The molecule has 2 atom stereocenters. The van der Waals surface area contributed by atoms with Crippen LogP contribution in [0.1, 0.15) is 19.8 Å². The Labute approximate surface area is 210 Å². The number of fused-ring (bicyclic) bond motifs is 2. The Morgan fingerprint density at radius 2 is 1.71 bits per heavy atom. The van der Waals surface area contributed by atoms with Crippen LogP contribution < -0.4 is 16.4 Å². The Hall–Kier alpha value is -3.34. The van der Waals surface area contributed by atoms with Crippen molar-refractivity contribution < 1.29 is 18.4 Å². The van der Waals surface area contributed by atoms with Gasteiger partial charge in [-0.3, -0.25) is 19.8 Å². The highest BCUT2D eigenvalue weighted by atomic mass is 35.5. The summed E-state index contributed by atoms with van der Waals surface area (Å²) >= 11 is 11.6. The number of likely N-dealkylation sites (N-methyl/N-ethyl adjacent to an activating group) is 1. The van der Waals surface area contributed by atoms with Gasteiger partial charge in [0.2, 0.25) is 11.8 Å². The summed E-state index contributed by atoms with van der Waals surface area (Å²) in [6.45, 7) is 2.44. The molecule has 0 bridgehead atoms. The number of likely N-dealkylation sites (tertiary alicyclic amines) is 1. The first-order valence-corrected chi connectivity index (χ1v) is 11.7. The maximum Gasteiger partial charge on any atom is 0.302 e. The molecular formula is C23H24Cl2N6O4. The summed E-state index contributed by atoms with van der Waals surface area (Å²) in [4.78, 5) is 34.0. The molecule has 2 amide bonds. The molecule has 0 radical (unpaired) electrons. The highest BCUT2D eigenvalue weighted by Crippen LogP contribution is 2.24. The van der Waals surface area contributed by atoms with Crippen molar-refractivity contribution in [3.05, 3.63) is 46.4 Å². The number of anilines is 2. The first kappa shape index (κ1) is 24.8. The number of oxazole rings is 2. The van der Waals surface area contributed by atoms with Crippen molar-refractivity contribution in [2.45, 2.75) is 31.8 Å². The quantitative estimate of drug-likeness (QED) is 0.367. The van der Waals surface area contributed by atoms with Crippen LogP contribution in [0.2, 0.25) is 10.0 Å². The number of nitrogens with zero attached hydrogens (tertiary/aromatic N) is 3. The van der Waals surface area contributed by atoms with Gasteiger partial charge >= 0.3 is 6.01 Å². The van der Waals surface area contributed by atoms with E-state index in [9.17, 15) is 9.59 Å². The number of benzene rings is 2. The second-order valence-electron chi connectivity index (χ2n) is 8.09. The lowest BCUT2D eigenvalue weighted by Gasteiger charge is -2.16. The number of carbonyl (C=O) groups excluding carboxylic acids is 2. The van der Waals surface area contributed by atoms with E-state index in [-0.39, 0.29) is 35.9 Å². The first-order valence-electron chi connectivity index (χ1n) is 10.9. The Bertz CT molecular complexity index is 1370. The second-order valence-corrected chi connectivity index (χ2v) is 8.97. The Morgan fingerprint density at radius 3 is 2.37 bits per heavy atom. The number of hydrogen-bond acceptors (Lipinski definition) is 8. The molecule has 0 aliphatic carbocycles. The van der Waals surface area contributed by atoms with Crippen LogP contribution in [0.3, 0.4) is 0 Å². The average Bonchev–Trinajstić information content (AvgIpc) is 3.48. The maximum atomic E-state index is 12.5. The van der Waals surface area contributed by atoms with E-state index >= 15 is 0 Å². The molecule has 0 spiro atoms. The Kier molecular flexibility index (Phi) is 7.44. The van der Waals surface area contributed by atoms with Crippen LogP contribution in [-0.4, -0.2) is 52.4 Å². The van der Waals surface area contributed by atoms with Crippen LogP contribution in [0.25, 0.3) is 22.2 Å². The molecule has 2 aromatic carbocycles. The highest BCUT2D eigenvalue weighted by molar-refractivity contribution is 6.31. The zero-order valence-electron chi connectivity index (χ0n) is 19.0. The zero-order valence-corrected chi connectivity index (χ0v) is 20.6. The van der Waals surface area contributed by atoms with Gasteiger partial charge in [0.15, 0.2) is 11.2 Å². The van der Waals surface area contributed by atoms with Crippen molar-refractivity contribution in [1.82, 2.24) is 20.2 Å². The van der Waals surface area contributed by atoms with Crippen molar-refractivity contribution in [3.8, 4) is 0 Å². The van der Waals surface area contributed by atoms with Gasteiger partial charge in [0.1, 0.15) is 11.0 Å². The van der Waals surface area contributed by atoms with Crippen molar-refractivity contribution in [2.24, 2.45) is 0 Å². The van der Waals surface area contributed by atoms with Gasteiger partial charge < -0.3 is 19.9 Å². The van der Waals surface area contributed by atoms with Crippen molar-refractivity contribution in [1.29, 1.82) is 0 Å². The number of carbonyl (C=O) groups is 2. The SMILES string of the molecule is CCC(=O)N[C@@H]1C[C@@H](C(=O)Nc2nc3cc(Cl)ccc3o2)N(C)C1.Nc1nc2cc(Cl)ccc2o1. The van der Waals surface area contributed by atoms with Gasteiger partial charge in [0.25, 0.3) is 6.01 Å². The fourth-order valence-electron chi connectivity index (χ4n) is 3.80. The summed E-state index contributed by atoms with van der Waals surface area (Å²) in [5.74, 6) is -0.214. The number of nitrogens with one attached hydrogen (secondary N) is 2. The van der Waals surface area contributed by atoms with Gasteiger partial charge in [-0.15, -0.1) is 0 Å². The average molecular weight is 519 g/mol. The first-order chi connectivity index (χ1) is 16.7. The molecule has 1 aliphatic heterocycles. The molecule has 3 heterocycles. The Balaban J connectivity index is 0.000000218. The molecule has 2 aromatic heterocycles. The lowest BCUT2D eigenvalue weighted by Crippen LogP contribution is -2.37. The van der Waals surface area contributed by atoms with Crippen LogP contribution in [0.5, 0.6) is 0 Å². The third-order valence-corrected chi connectivity index (χ3v) is 5.95. The van der Waals surface area contributed by atoms with Gasteiger partial charge in [-0.2, -0.15) is 9.97 Å². The van der Waals surface area contributed by atoms with Crippen molar-refractivity contribution in [3.63, 3.8) is 0 Å². The fourth-order valence-corrected chi connectivity index (χ4v) is 4.13. The lowest BCUT2D eigenvalue weighted by atomic mass is 10.1. The molecule has 4 N–H and O–H groups in total. The van der Waals surface area contributed by atoms with E-state index in [0.29, 0.717) is 51.6 Å². The Morgan fingerprint density at radius 1 is 1.09 bits per heavy atom. The molecule has 0 saturated carbocycles. The van der Waals surface area contributed by atoms with Gasteiger partial charge in [0.05, 0.1) is 6.04 Å². The normalized spacial score (nSPS) is 17.8. The molecule has 10 nitrogen and oxygen atoms in total. The molecule has 35 heavy (non-hydrogen) atoms. The summed E-state index contributed by atoms with van der Waals surface area (Å²) in [7, 11) is 1.86. The minimum Gasteiger partial charge on any atom is -0.424 e. The van der Waals surface area contributed by atoms with Crippen LogP contribution in [-0.2, 0) is 9.59 Å². The van der Waals surface area contributed by atoms with Gasteiger partial charge in [-0.25, -0.2) is 0 Å². The van der Waals surface area contributed by atoms with Crippen LogP contribution in [0, 0.1) is 0 Å². The fraction of sp³-hybridized carbons (Fsp3) is 0.304. The van der Waals surface area contributed by atoms with E-state index in [1.807, 2.05) is 11.9 Å². The molecule has 5 rings (SSSR count). The predicted octanol–water partition coefficient (Wildman–Crippen LogP) is 4.08. The van der Waals surface area contributed by atoms with E-state index in [1.54, 1.807) is 43.3 Å².